The highest BCUT2D eigenvalue weighted by molar-refractivity contribution is 5.83. The Morgan fingerprint density at radius 2 is 1.92 bits per heavy atom. The zero-order valence-electron chi connectivity index (χ0n) is 8.25. The highest BCUT2D eigenvalue weighted by Crippen LogP contribution is 2.39. The summed E-state index contributed by atoms with van der Waals surface area (Å²) >= 11 is 0. The SMILES string of the molecule is CC1(C(=O)N2CC(N)C2)CCCC1. The Morgan fingerprint density at radius 1 is 1.38 bits per heavy atom. The zero-order valence-corrected chi connectivity index (χ0v) is 8.25. The van der Waals surface area contributed by atoms with Crippen molar-refractivity contribution in [2.75, 3.05) is 13.1 Å². The van der Waals surface area contributed by atoms with E-state index in [0.29, 0.717) is 5.91 Å². The molecule has 3 heteroatoms. The molecule has 2 aliphatic rings. The van der Waals surface area contributed by atoms with Gasteiger partial charge in [0.05, 0.1) is 0 Å². The monoisotopic (exact) mass is 182 g/mol. The molecule has 0 aromatic rings. The van der Waals surface area contributed by atoms with Crippen molar-refractivity contribution in [1.82, 2.24) is 4.90 Å². The van der Waals surface area contributed by atoms with Gasteiger partial charge in [-0.3, -0.25) is 4.79 Å². The molecule has 0 spiro atoms. The molecule has 2 rings (SSSR count). The number of hydrogen-bond donors (Lipinski definition) is 1. The molecule has 0 unspecified atom stereocenters. The summed E-state index contributed by atoms with van der Waals surface area (Å²) in [6, 6.07) is 0.231. The van der Waals surface area contributed by atoms with Crippen molar-refractivity contribution in [3.05, 3.63) is 0 Å². The molecule has 1 aliphatic carbocycles. The van der Waals surface area contributed by atoms with Crippen LogP contribution in [0.15, 0.2) is 0 Å². The molecule has 1 amide bonds. The van der Waals surface area contributed by atoms with E-state index in [1.165, 1.54) is 12.8 Å². The highest BCUT2D eigenvalue weighted by atomic mass is 16.2. The second kappa shape index (κ2) is 2.98. The lowest BCUT2D eigenvalue weighted by Crippen LogP contribution is -2.60. The fourth-order valence-electron chi connectivity index (χ4n) is 2.43. The predicted molar refractivity (Wildman–Crippen MR) is 51.1 cm³/mol. The van der Waals surface area contributed by atoms with E-state index < -0.39 is 0 Å². The molecule has 1 saturated heterocycles. The summed E-state index contributed by atoms with van der Waals surface area (Å²) in [4.78, 5) is 13.9. The Bertz CT molecular complexity index is 215. The molecule has 74 valence electrons. The summed E-state index contributed by atoms with van der Waals surface area (Å²) < 4.78 is 0. The summed E-state index contributed by atoms with van der Waals surface area (Å²) in [6.07, 6.45) is 4.55. The quantitative estimate of drug-likeness (QED) is 0.650. The minimum absolute atomic E-state index is 0.0554. The van der Waals surface area contributed by atoms with Gasteiger partial charge in [-0.05, 0) is 12.8 Å². The minimum atomic E-state index is -0.0554. The third-order valence-electron chi connectivity index (χ3n) is 3.42. The van der Waals surface area contributed by atoms with E-state index in [-0.39, 0.29) is 11.5 Å². The number of carbonyl (C=O) groups is 1. The van der Waals surface area contributed by atoms with Crippen molar-refractivity contribution in [1.29, 1.82) is 0 Å². The normalized spacial score (nSPS) is 27.4. The van der Waals surface area contributed by atoms with Crippen molar-refractivity contribution in [3.63, 3.8) is 0 Å². The van der Waals surface area contributed by atoms with Crippen LogP contribution in [0.4, 0.5) is 0 Å². The van der Waals surface area contributed by atoms with Crippen LogP contribution in [0, 0.1) is 5.41 Å². The van der Waals surface area contributed by atoms with Crippen LogP contribution in [-0.4, -0.2) is 29.9 Å². The third kappa shape index (κ3) is 1.46. The number of hydrogen-bond acceptors (Lipinski definition) is 2. The van der Waals surface area contributed by atoms with E-state index in [1.807, 2.05) is 4.90 Å². The van der Waals surface area contributed by atoms with Crippen molar-refractivity contribution in [2.45, 2.75) is 38.6 Å². The molecular weight excluding hydrogens is 164 g/mol. The van der Waals surface area contributed by atoms with Crippen LogP contribution >= 0.6 is 0 Å². The summed E-state index contributed by atoms with van der Waals surface area (Å²) in [7, 11) is 0. The fourth-order valence-corrected chi connectivity index (χ4v) is 2.43. The Kier molecular flexibility index (Phi) is 2.06. The lowest BCUT2D eigenvalue weighted by molar-refractivity contribution is -0.145. The summed E-state index contributed by atoms with van der Waals surface area (Å²) in [5.74, 6) is 0.340. The molecule has 0 aromatic carbocycles. The first-order valence-corrected chi connectivity index (χ1v) is 5.17. The van der Waals surface area contributed by atoms with Crippen LogP contribution in [0.1, 0.15) is 32.6 Å². The second-order valence-electron chi connectivity index (χ2n) is 4.74. The van der Waals surface area contributed by atoms with E-state index in [9.17, 15) is 4.79 Å². The second-order valence-corrected chi connectivity index (χ2v) is 4.74. The molecule has 3 nitrogen and oxygen atoms in total. The van der Waals surface area contributed by atoms with Gasteiger partial charge in [0.2, 0.25) is 5.91 Å². The first-order valence-electron chi connectivity index (χ1n) is 5.17. The molecule has 0 aromatic heterocycles. The van der Waals surface area contributed by atoms with E-state index in [1.54, 1.807) is 0 Å². The molecule has 1 aliphatic heterocycles. The molecule has 2 fully saturated rings. The molecule has 2 N–H and O–H groups in total. The summed E-state index contributed by atoms with van der Waals surface area (Å²) in [5.41, 5.74) is 5.60. The average molecular weight is 182 g/mol. The van der Waals surface area contributed by atoms with Crippen LogP contribution in [0.5, 0.6) is 0 Å². The van der Waals surface area contributed by atoms with Gasteiger partial charge in [0.15, 0.2) is 0 Å². The molecule has 0 atom stereocenters. The number of nitrogens with zero attached hydrogens (tertiary/aromatic N) is 1. The average Bonchev–Trinajstić information content (AvgIpc) is 2.46. The Balaban J connectivity index is 1.96. The molecule has 0 bridgehead atoms. The zero-order chi connectivity index (χ0) is 9.47. The van der Waals surface area contributed by atoms with Crippen LogP contribution in [0.2, 0.25) is 0 Å². The lowest BCUT2D eigenvalue weighted by Gasteiger charge is -2.41. The number of amides is 1. The molecule has 0 radical (unpaired) electrons. The van der Waals surface area contributed by atoms with Crippen LogP contribution in [0.3, 0.4) is 0 Å². The van der Waals surface area contributed by atoms with Crippen molar-refractivity contribution >= 4 is 5.91 Å². The van der Waals surface area contributed by atoms with Crippen LogP contribution < -0.4 is 5.73 Å². The van der Waals surface area contributed by atoms with Gasteiger partial charge in [0.1, 0.15) is 0 Å². The minimum Gasteiger partial charge on any atom is -0.339 e. The number of likely N-dealkylation sites (tertiary alicyclic amines) is 1. The van der Waals surface area contributed by atoms with Crippen molar-refractivity contribution < 1.29 is 4.79 Å². The van der Waals surface area contributed by atoms with Gasteiger partial charge < -0.3 is 10.6 Å². The lowest BCUT2D eigenvalue weighted by atomic mass is 9.86. The Morgan fingerprint density at radius 3 is 2.38 bits per heavy atom. The van der Waals surface area contributed by atoms with E-state index in [0.717, 1.165) is 25.9 Å². The van der Waals surface area contributed by atoms with Gasteiger partial charge in [-0.15, -0.1) is 0 Å². The van der Waals surface area contributed by atoms with Crippen molar-refractivity contribution in [2.24, 2.45) is 11.1 Å². The predicted octanol–water partition coefficient (Wildman–Crippen LogP) is 0.736. The standard InChI is InChI=1S/C10H18N2O/c1-10(4-2-3-5-10)9(13)12-6-8(11)7-12/h8H,2-7,11H2,1H3. The van der Waals surface area contributed by atoms with E-state index >= 15 is 0 Å². The van der Waals surface area contributed by atoms with Gasteiger partial charge in [-0.2, -0.15) is 0 Å². The van der Waals surface area contributed by atoms with Gasteiger partial charge in [0.25, 0.3) is 0 Å². The molecular formula is C10H18N2O. The molecule has 13 heavy (non-hydrogen) atoms. The van der Waals surface area contributed by atoms with Crippen LogP contribution in [-0.2, 0) is 4.79 Å². The third-order valence-corrected chi connectivity index (χ3v) is 3.42. The number of carbonyl (C=O) groups excluding carboxylic acids is 1. The smallest absolute Gasteiger partial charge is 0.228 e. The van der Waals surface area contributed by atoms with Gasteiger partial charge >= 0.3 is 0 Å². The maximum atomic E-state index is 12.0. The maximum Gasteiger partial charge on any atom is 0.228 e. The topological polar surface area (TPSA) is 46.3 Å². The Hall–Kier alpha value is -0.570. The largest absolute Gasteiger partial charge is 0.339 e. The first-order chi connectivity index (χ1) is 6.12. The van der Waals surface area contributed by atoms with Crippen molar-refractivity contribution in [3.8, 4) is 0 Å². The van der Waals surface area contributed by atoms with E-state index in [4.69, 9.17) is 5.73 Å². The van der Waals surface area contributed by atoms with Crippen LogP contribution in [0.25, 0.3) is 0 Å². The Labute approximate surface area is 79.3 Å². The summed E-state index contributed by atoms with van der Waals surface area (Å²) in [5, 5.41) is 0. The highest BCUT2D eigenvalue weighted by Gasteiger charge is 2.42. The molecule has 1 heterocycles. The maximum absolute atomic E-state index is 12.0. The first kappa shape index (κ1) is 9.00. The summed E-state index contributed by atoms with van der Waals surface area (Å²) in [6.45, 7) is 3.65. The fraction of sp³-hybridized carbons (Fsp3) is 0.900. The van der Waals surface area contributed by atoms with Gasteiger partial charge in [-0.1, -0.05) is 19.8 Å². The molecule has 1 saturated carbocycles. The van der Waals surface area contributed by atoms with E-state index in [2.05, 4.69) is 6.92 Å². The number of nitrogens with two attached hydrogens (primary N) is 1. The van der Waals surface area contributed by atoms with Gasteiger partial charge in [0, 0.05) is 24.5 Å². The van der Waals surface area contributed by atoms with Gasteiger partial charge in [-0.25, -0.2) is 0 Å². The number of rotatable bonds is 1.